The number of aromatic nitrogens is 1. The first kappa shape index (κ1) is 16.1. The number of benzene rings is 1. The maximum Gasteiger partial charge on any atom is 0.343 e. The minimum absolute atomic E-state index is 0.342. The van der Waals surface area contributed by atoms with E-state index in [0.29, 0.717) is 11.1 Å². The molecular formula is C23H18NO2+. The standard InChI is InChI=1S/C23H18NO2/c1-24-13-7-6-10-21(24)12-11-19-15-20-14-17-8-4-2-3-5-9-18(17)16-22(20)26-23(19)25/h2-3,6-7,10-16H,4,8H2,1H3/q+1/b3-2-,12-11+. The summed E-state index contributed by atoms with van der Waals surface area (Å²) in [6, 6.07) is 11.8. The van der Waals surface area contributed by atoms with Gasteiger partial charge in [0.05, 0.1) is 5.56 Å². The van der Waals surface area contributed by atoms with Crippen LogP contribution in [0.3, 0.4) is 0 Å². The van der Waals surface area contributed by atoms with E-state index >= 15 is 0 Å². The minimum Gasteiger partial charge on any atom is -0.422 e. The van der Waals surface area contributed by atoms with E-state index in [-0.39, 0.29) is 5.63 Å². The number of rotatable bonds is 2. The predicted molar refractivity (Wildman–Crippen MR) is 103 cm³/mol. The van der Waals surface area contributed by atoms with E-state index in [9.17, 15) is 4.79 Å². The molecule has 0 amide bonds. The van der Waals surface area contributed by atoms with Crippen LogP contribution in [-0.4, -0.2) is 0 Å². The zero-order chi connectivity index (χ0) is 17.9. The SMILES string of the molecule is C[n+]1ccccc1/C=C/c1cc2cc3c(cc2oc1=O)C#C/C=C\CC3. The van der Waals surface area contributed by atoms with Crippen molar-refractivity contribution in [1.29, 1.82) is 0 Å². The Bertz CT molecular complexity index is 1170. The van der Waals surface area contributed by atoms with Crippen molar-refractivity contribution in [2.24, 2.45) is 7.05 Å². The third-order valence-corrected chi connectivity index (χ3v) is 4.50. The van der Waals surface area contributed by atoms with Crippen molar-refractivity contribution in [1.82, 2.24) is 0 Å². The minimum atomic E-state index is -0.342. The molecular weight excluding hydrogens is 322 g/mol. The summed E-state index contributed by atoms with van der Waals surface area (Å²) in [7, 11) is 1.97. The molecule has 1 aliphatic rings. The van der Waals surface area contributed by atoms with E-state index in [2.05, 4.69) is 24.0 Å². The summed E-state index contributed by atoms with van der Waals surface area (Å²) in [6.45, 7) is 0. The van der Waals surface area contributed by atoms with Gasteiger partial charge in [0.25, 0.3) is 0 Å². The number of allylic oxidation sites excluding steroid dienone is 2. The van der Waals surface area contributed by atoms with Crippen molar-refractivity contribution in [2.45, 2.75) is 12.8 Å². The predicted octanol–water partition coefficient (Wildman–Crippen LogP) is 3.64. The van der Waals surface area contributed by atoms with Gasteiger partial charge < -0.3 is 4.42 Å². The highest BCUT2D eigenvalue weighted by molar-refractivity contribution is 5.82. The van der Waals surface area contributed by atoms with Gasteiger partial charge in [-0.25, -0.2) is 9.36 Å². The van der Waals surface area contributed by atoms with Crippen LogP contribution in [0.1, 0.15) is 28.8 Å². The molecule has 3 aromatic rings. The molecule has 0 saturated carbocycles. The Kier molecular flexibility index (Phi) is 4.25. The van der Waals surface area contributed by atoms with Gasteiger partial charge in [-0.1, -0.05) is 17.9 Å². The Morgan fingerprint density at radius 2 is 2.12 bits per heavy atom. The normalized spacial score (nSPS) is 14.3. The maximum absolute atomic E-state index is 12.4. The molecule has 26 heavy (non-hydrogen) atoms. The van der Waals surface area contributed by atoms with Gasteiger partial charge in [0.1, 0.15) is 12.6 Å². The molecule has 0 fully saturated rings. The fourth-order valence-electron chi connectivity index (χ4n) is 3.05. The van der Waals surface area contributed by atoms with E-state index in [1.807, 2.05) is 60.3 Å². The molecule has 3 heteroatoms. The lowest BCUT2D eigenvalue weighted by Crippen LogP contribution is -2.30. The Morgan fingerprint density at radius 3 is 3.00 bits per heavy atom. The molecule has 2 heterocycles. The fraction of sp³-hybridized carbons (Fsp3) is 0.130. The first-order valence-electron chi connectivity index (χ1n) is 8.61. The van der Waals surface area contributed by atoms with Crippen LogP contribution in [0.15, 0.2) is 64.0 Å². The van der Waals surface area contributed by atoms with E-state index in [1.54, 1.807) is 6.08 Å². The summed E-state index contributed by atoms with van der Waals surface area (Å²) < 4.78 is 7.54. The molecule has 3 nitrogen and oxygen atoms in total. The van der Waals surface area contributed by atoms with Gasteiger partial charge in [0.15, 0.2) is 6.20 Å². The van der Waals surface area contributed by atoms with Crippen molar-refractivity contribution in [3.05, 3.63) is 87.6 Å². The molecule has 1 aromatic carbocycles. The second kappa shape index (κ2) is 6.85. The van der Waals surface area contributed by atoms with Crippen LogP contribution in [0.4, 0.5) is 0 Å². The first-order valence-corrected chi connectivity index (χ1v) is 8.61. The monoisotopic (exact) mass is 340 g/mol. The summed E-state index contributed by atoms with van der Waals surface area (Å²) >= 11 is 0. The van der Waals surface area contributed by atoms with Gasteiger partial charge in [-0.2, -0.15) is 0 Å². The summed E-state index contributed by atoms with van der Waals surface area (Å²) in [6.07, 6.45) is 11.5. The molecule has 0 unspecified atom stereocenters. The second-order valence-electron chi connectivity index (χ2n) is 6.32. The van der Waals surface area contributed by atoms with Crippen molar-refractivity contribution in [2.75, 3.05) is 0 Å². The smallest absolute Gasteiger partial charge is 0.343 e. The highest BCUT2D eigenvalue weighted by Crippen LogP contribution is 2.22. The van der Waals surface area contributed by atoms with Crippen LogP contribution >= 0.6 is 0 Å². The molecule has 2 aromatic heterocycles. The number of fused-ring (bicyclic) bond motifs is 2. The van der Waals surface area contributed by atoms with Crippen LogP contribution in [0.25, 0.3) is 23.1 Å². The van der Waals surface area contributed by atoms with E-state index in [4.69, 9.17) is 4.42 Å². The number of aryl methyl sites for hydroxylation is 2. The Balaban J connectivity index is 1.79. The zero-order valence-corrected chi connectivity index (χ0v) is 14.5. The Hall–Kier alpha value is -3.38. The van der Waals surface area contributed by atoms with Crippen molar-refractivity contribution >= 4 is 23.1 Å². The van der Waals surface area contributed by atoms with Crippen LogP contribution < -0.4 is 10.2 Å². The first-order chi connectivity index (χ1) is 12.7. The summed E-state index contributed by atoms with van der Waals surface area (Å²) in [5.74, 6) is 6.14. The molecule has 0 N–H and O–H groups in total. The lowest BCUT2D eigenvalue weighted by Gasteiger charge is -2.07. The average Bonchev–Trinajstić information content (AvgIpc) is 2.61. The zero-order valence-electron chi connectivity index (χ0n) is 14.5. The highest BCUT2D eigenvalue weighted by atomic mass is 16.4. The number of pyridine rings is 1. The molecule has 0 saturated heterocycles. The topological polar surface area (TPSA) is 34.1 Å². The van der Waals surface area contributed by atoms with E-state index < -0.39 is 0 Å². The third-order valence-electron chi connectivity index (χ3n) is 4.50. The summed E-state index contributed by atoms with van der Waals surface area (Å²) in [5, 5.41) is 0.923. The molecule has 0 radical (unpaired) electrons. The molecule has 0 atom stereocenters. The Labute approximate surface area is 151 Å². The Morgan fingerprint density at radius 1 is 1.19 bits per heavy atom. The summed E-state index contributed by atoms with van der Waals surface area (Å²) in [4.78, 5) is 12.4. The van der Waals surface area contributed by atoms with E-state index in [0.717, 1.165) is 29.5 Å². The van der Waals surface area contributed by atoms with Gasteiger partial charge in [-0.05, 0) is 54.8 Å². The lowest BCUT2D eigenvalue weighted by molar-refractivity contribution is -0.673. The number of hydrogen-bond donors (Lipinski definition) is 0. The van der Waals surface area contributed by atoms with Gasteiger partial charge in [0, 0.05) is 29.2 Å². The summed E-state index contributed by atoms with van der Waals surface area (Å²) in [5.41, 5.74) is 3.91. The van der Waals surface area contributed by atoms with Crippen molar-refractivity contribution < 1.29 is 8.98 Å². The molecule has 0 bridgehead atoms. The quantitative estimate of drug-likeness (QED) is 0.405. The fourth-order valence-corrected chi connectivity index (χ4v) is 3.05. The molecule has 0 spiro atoms. The van der Waals surface area contributed by atoms with E-state index in [1.165, 1.54) is 5.56 Å². The van der Waals surface area contributed by atoms with Crippen LogP contribution in [0.5, 0.6) is 0 Å². The van der Waals surface area contributed by atoms with Gasteiger partial charge in [-0.3, -0.25) is 0 Å². The third kappa shape index (κ3) is 3.22. The number of nitrogens with zero attached hydrogens (tertiary/aromatic N) is 1. The average molecular weight is 340 g/mol. The van der Waals surface area contributed by atoms with Crippen LogP contribution in [0, 0.1) is 11.8 Å². The maximum atomic E-state index is 12.4. The second-order valence-corrected chi connectivity index (χ2v) is 6.32. The van der Waals surface area contributed by atoms with Gasteiger partial charge >= 0.3 is 5.63 Å². The highest BCUT2D eigenvalue weighted by Gasteiger charge is 2.09. The largest absolute Gasteiger partial charge is 0.422 e. The van der Waals surface area contributed by atoms with Crippen molar-refractivity contribution in [3.8, 4) is 11.8 Å². The van der Waals surface area contributed by atoms with Crippen LogP contribution in [-0.2, 0) is 13.5 Å². The number of hydrogen-bond acceptors (Lipinski definition) is 2. The lowest BCUT2D eigenvalue weighted by atomic mass is 9.99. The molecule has 0 aliphatic heterocycles. The molecule has 4 rings (SSSR count). The van der Waals surface area contributed by atoms with Gasteiger partial charge in [-0.15, -0.1) is 0 Å². The van der Waals surface area contributed by atoms with Crippen LogP contribution in [0.2, 0.25) is 0 Å². The molecule has 126 valence electrons. The molecule has 1 aliphatic carbocycles. The van der Waals surface area contributed by atoms with Gasteiger partial charge in [0.2, 0.25) is 5.69 Å². The van der Waals surface area contributed by atoms with Crippen molar-refractivity contribution in [3.63, 3.8) is 0 Å².